The topological polar surface area (TPSA) is 8.17 Å². The van der Waals surface area contributed by atoms with E-state index in [1.807, 2.05) is 0 Å². The summed E-state index contributed by atoms with van der Waals surface area (Å²) in [5.41, 5.74) is 16.0. The van der Waals surface area contributed by atoms with E-state index in [1.54, 1.807) is 0 Å². The third kappa shape index (κ3) is 6.52. The van der Waals surface area contributed by atoms with Gasteiger partial charge in [0.15, 0.2) is 0 Å². The van der Waals surface area contributed by atoms with Crippen molar-refractivity contribution in [1.82, 2.24) is 4.57 Å². The molecule has 0 saturated carbocycles. The first kappa shape index (κ1) is 37.3. The SMILES string of the molecule is c1ccc(-c2ccc(-c3ccccc3)c(N(c3cc(-c4cccc5ccccc45)cc(-c4cccc5ccccc45)c3)c3ccc4c5ccccc5n(-c5ccccc5)c4c3)c2)cc1. The van der Waals surface area contributed by atoms with Gasteiger partial charge in [0.25, 0.3) is 0 Å². The number of benzene rings is 11. The molecule has 0 unspecified atom stereocenters. The van der Waals surface area contributed by atoms with Gasteiger partial charge in [-0.15, -0.1) is 0 Å². The molecule has 300 valence electrons. The molecule has 12 aromatic rings. The van der Waals surface area contributed by atoms with Crippen molar-refractivity contribution >= 4 is 60.4 Å². The fourth-order valence-corrected chi connectivity index (χ4v) is 9.77. The van der Waals surface area contributed by atoms with Gasteiger partial charge in [-0.2, -0.15) is 0 Å². The van der Waals surface area contributed by atoms with Crippen LogP contribution in [-0.2, 0) is 0 Å². The van der Waals surface area contributed by atoms with E-state index in [-0.39, 0.29) is 0 Å². The van der Waals surface area contributed by atoms with Crippen molar-refractivity contribution in [1.29, 1.82) is 0 Å². The number of para-hydroxylation sites is 2. The normalized spacial score (nSPS) is 11.4. The number of hydrogen-bond donors (Lipinski definition) is 0. The molecule has 2 heteroatoms. The van der Waals surface area contributed by atoms with Crippen molar-refractivity contribution in [2.75, 3.05) is 4.90 Å². The first-order valence-corrected chi connectivity index (χ1v) is 22.0. The zero-order chi connectivity index (χ0) is 42.4. The maximum Gasteiger partial charge on any atom is 0.0561 e. The van der Waals surface area contributed by atoms with E-state index in [9.17, 15) is 0 Å². The second kappa shape index (κ2) is 15.8. The van der Waals surface area contributed by atoms with Crippen molar-refractivity contribution in [3.63, 3.8) is 0 Å². The van der Waals surface area contributed by atoms with Crippen molar-refractivity contribution in [3.8, 4) is 50.2 Å². The van der Waals surface area contributed by atoms with Crippen LogP contribution >= 0.6 is 0 Å². The van der Waals surface area contributed by atoms with E-state index in [1.165, 1.54) is 54.5 Å². The fourth-order valence-electron chi connectivity index (χ4n) is 9.77. The Morgan fingerprint density at radius 1 is 0.266 bits per heavy atom. The van der Waals surface area contributed by atoms with E-state index >= 15 is 0 Å². The highest BCUT2D eigenvalue weighted by atomic mass is 15.1. The average molecular weight is 815 g/mol. The molecule has 0 aliphatic rings. The van der Waals surface area contributed by atoms with Crippen molar-refractivity contribution in [2.45, 2.75) is 0 Å². The molecule has 0 radical (unpaired) electrons. The predicted molar refractivity (Wildman–Crippen MR) is 272 cm³/mol. The lowest BCUT2D eigenvalue weighted by Gasteiger charge is -2.30. The summed E-state index contributed by atoms with van der Waals surface area (Å²) in [6.07, 6.45) is 0. The molecular formula is C62H42N2. The number of fused-ring (bicyclic) bond motifs is 5. The largest absolute Gasteiger partial charge is 0.310 e. The Bertz CT molecular complexity index is 3550. The van der Waals surface area contributed by atoms with Crippen molar-refractivity contribution in [3.05, 3.63) is 255 Å². The molecule has 0 atom stereocenters. The highest BCUT2D eigenvalue weighted by molar-refractivity contribution is 6.11. The summed E-state index contributed by atoms with van der Waals surface area (Å²) in [7, 11) is 0. The molecule has 0 amide bonds. The first-order chi connectivity index (χ1) is 31.7. The summed E-state index contributed by atoms with van der Waals surface area (Å²) < 4.78 is 2.42. The van der Waals surface area contributed by atoms with Gasteiger partial charge >= 0.3 is 0 Å². The zero-order valence-electron chi connectivity index (χ0n) is 35.1. The highest BCUT2D eigenvalue weighted by Crippen LogP contribution is 2.47. The van der Waals surface area contributed by atoms with E-state index < -0.39 is 0 Å². The van der Waals surface area contributed by atoms with Crippen LogP contribution in [0.15, 0.2) is 255 Å². The average Bonchev–Trinajstić information content (AvgIpc) is 3.70. The number of rotatable bonds is 8. The number of anilines is 3. The van der Waals surface area contributed by atoms with Crippen molar-refractivity contribution < 1.29 is 0 Å². The third-order valence-corrected chi connectivity index (χ3v) is 12.7. The molecule has 0 bridgehead atoms. The van der Waals surface area contributed by atoms with Gasteiger partial charge in [0, 0.05) is 33.4 Å². The molecule has 0 spiro atoms. The Kier molecular flexibility index (Phi) is 9.20. The predicted octanol–water partition coefficient (Wildman–Crippen LogP) is 17.2. The van der Waals surface area contributed by atoms with Gasteiger partial charge in [-0.1, -0.05) is 200 Å². The van der Waals surface area contributed by atoms with Gasteiger partial charge < -0.3 is 9.47 Å². The minimum Gasteiger partial charge on any atom is -0.310 e. The number of aromatic nitrogens is 1. The van der Waals surface area contributed by atoms with Crippen LogP contribution in [0.4, 0.5) is 17.1 Å². The molecule has 11 aromatic carbocycles. The Morgan fingerprint density at radius 3 is 1.45 bits per heavy atom. The van der Waals surface area contributed by atoms with Gasteiger partial charge in [0.1, 0.15) is 0 Å². The lowest BCUT2D eigenvalue weighted by molar-refractivity contribution is 1.18. The Labute approximate surface area is 373 Å². The van der Waals surface area contributed by atoms with Crippen molar-refractivity contribution in [2.24, 2.45) is 0 Å². The Morgan fingerprint density at radius 2 is 0.797 bits per heavy atom. The molecule has 0 fully saturated rings. The van der Waals surface area contributed by atoms with E-state index in [0.29, 0.717) is 0 Å². The molecular weight excluding hydrogens is 773 g/mol. The molecule has 1 heterocycles. The fraction of sp³-hybridized carbons (Fsp3) is 0. The quantitative estimate of drug-likeness (QED) is 0.148. The standard InChI is InChI=1S/C62H42N2/c1-4-18-43(19-5-1)47-34-36-57(46-20-6-2-7-21-46)61(41-47)63(51-35-37-59-58-30-14-15-33-60(58)64(62(59)42-51)50-26-8-3-9-27-50)52-39-48(55-31-16-24-44-22-10-12-28-53(44)55)38-49(40-52)56-32-17-25-45-23-11-13-29-54(45)56/h1-42H. The molecule has 1 aromatic heterocycles. The van der Waals surface area contributed by atoms with Crippen LogP contribution in [0.2, 0.25) is 0 Å². The lowest BCUT2D eigenvalue weighted by Crippen LogP contribution is -2.12. The van der Waals surface area contributed by atoms with Crippen LogP contribution in [0, 0.1) is 0 Å². The van der Waals surface area contributed by atoms with Crippen LogP contribution in [0.25, 0.3) is 93.5 Å². The number of nitrogens with zero attached hydrogens (tertiary/aromatic N) is 2. The van der Waals surface area contributed by atoms with E-state index in [4.69, 9.17) is 0 Å². The van der Waals surface area contributed by atoms with Crippen LogP contribution < -0.4 is 4.90 Å². The van der Waals surface area contributed by atoms with Crippen LogP contribution in [0.5, 0.6) is 0 Å². The van der Waals surface area contributed by atoms with Gasteiger partial charge in [-0.05, 0) is 115 Å². The maximum atomic E-state index is 2.50. The van der Waals surface area contributed by atoms with Crippen LogP contribution in [-0.4, -0.2) is 4.57 Å². The molecule has 0 aliphatic carbocycles. The minimum atomic E-state index is 1.06. The maximum absolute atomic E-state index is 2.50. The van der Waals surface area contributed by atoms with Gasteiger partial charge in [0.2, 0.25) is 0 Å². The smallest absolute Gasteiger partial charge is 0.0561 e. The molecule has 2 nitrogen and oxygen atoms in total. The summed E-state index contributed by atoms with van der Waals surface area (Å²) in [4.78, 5) is 2.50. The van der Waals surface area contributed by atoms with E-state index in [2.05, 4.69) is 264 Å². The second-order valence-electron chi connectivity index (χ2n) is 16.5. The van der Waals surface area contributed by atoms with Crippen LogP contribution in [0.1, 0.15) is 0 Å². The van der Waals surface area contributed by atoms with Gasteiger partial charge in [-0.3, -0.25) is 0 Å². The summed E-state index contributed by atoms with van der Waals surface area (Å²) >= 11 is 0. The molecule has 0 aliphatic heterocycles. The lowest BCUT2D eigenvalue weighted by atomic mass is 9.91. The third-order valence-electron chi connectivity index (χ3n) is 12.7. The van der Waals surface area contributed by atoms with Crippen LogP contribution in [0.3, 0.4) is 0 Å². The number of hydrogen-bond acceptors (Lipinski definition) is 1. The summed E-state index contributed by atoms with van der Waals surface area (Å²) in [6, 6.07) is 93.1. The van der Waals surface area contributed by atoms with Gasteiger partial charge in [-0.25, -0.2) is 0 Å². The molecule has 0 saturated heterocycles. The monoisotopic (exact) mass is 814 g/mol. The summed E-state index contributed by atoms with van der Waals surface area (Å²) in [5.74, 6) is 0. The molecule has 12 rings (SSSR count). The summed E-state index contributed by atoms with van der Waals surface area (Å²) in [5, 5.41) is 7.33. The highest BCUT2D eigenvalue weighted by Gasteiger charge is 2.23. The molecule has 64 heavy (non-hydrogen) atoms. The Balaban J connectivity index is 1.21. The van der Waals surface area contributed by atoms with E-state index in [0.717, 1.165) is 56.1 Å². The molecule has 0 N–H and O–H groups in total. The zero-order valence-corrected chi connectivity index (χ0v) is 35.1. The van der Waals surface area contributed by atoms with Gasteiger partial charge in [0.05, 0.1) is 16.7 Å². The Hall–Kier alpha value is -8.46. The first-order valence-electron chi connectivity index (χ1n) is 22.0. The summed E-state index contributed by atoms with van der Waals surface area (Å²) in [6.45, 7) is 0. The second-order valence-corrected chi connectivity index (χ2v) is 16.5. The minimum absolute atomic E-state index is 1.06.